The topological polar surface area (TPSA) is 32.3 Å². The quantitative estimate of drug-likeness (QED) is 0.812. The third-order valence-corrected chi connectivity index (χ3v) is 4.35. The van der Waals surface area contributed by atoms with E-state index in [0.717, 1.165) is 11.1 Å². The van der Waals surface area contributed by atoms with E-state index in [-0.39, 0.29) is 12.1 Å². The molecule has 0 bridgehead atoms. The lowest BCUT2D eigenvalue weighted by Gasteiger charge is -2.47. The monoisotopic (exact) mass is 324 g/mol. The second kappa shape index (κ2) is 5.64. The van der Waals surface area contributed by atoms with E-state index < -0.39 is 5.54 Å². The van der Waals surface area contributed by atoms with E-state index in [1.807, 2.05) is 50.2 Å². The van der Waals surface area contributed by atoms with Crippen LogP contribution in [-0.4, -0.2) is 17.0 Å². The highest BCUT2D eigenvalue weighted by molar-refractivity contribution is 6.30. The summed E-state index contributed by atoms with van der Waals surface area (Å²) in [4.78, 5) is 14.4. The van der Waals surface area contributed by atoms with Gasteiger partial charge in [0.1, 0.15) is 0 Å². The molecule has 4 heteroatoms. The third-order valence-electron chi connectivity index (χ3n) is 4.11. The van der Waals surface area contributed by atoms with Crippen LogP contribution in [0.5, 0.6) is 0 Å². The van der Waals surface area contributed by atoms with Gasteiger partial charge in [-0.1, -0.05) is 47.9 Å². The second-order valence-corrected chi connectivity index (χ2v) is 6.24. The first-order chi connectivity index (χ1) is 11.0. The van der Waals surface area contributed by atoms with Crippen molar-refractivity contribution in [3.8, 4) is 12.3 Å². The smallest absolute Gasteiger partial charge is 0.307 e. The van der Waals surface area contributed by atoms with E-state index in [1.165, 1.54) is 0 Å². The molecule has 116 valence electrons. The molecular formula is C19H17ClN2O. The predicted octanol–water partition coefficient (Wildman–Crippen LogP) is 4.47. The summed E-state index contributed by atoms with van der Waals surface area (Å²) in [6.07, 6.45) is 6.01. The van der Waals surface area contributed by atoms with Crippen LogP contribution in [0.15, 0.2) is 48.5 Å². The number of benzene rings is 2. The first-order valence-electron chi connectivity index (χ1n) is 7.44. The van der Waals surface area contributed by atoms with E-state index in [9.17, 15) is 4.79 Å². The summed E-state index contributed by atoms with van der Waals surface area (Å²) in [6.45, 7) is 3.90. The lowest BCUT2D eigenvalue weighted by atomic mass is 9.79. The van der Waals surface area contributed by atoms with Gasteiger partial charge in [0, 0.05) is 22.3 Å². The normalized spacial score (nSPS) is 20.0. The molecule has 0 saturated heterocycles. The molecule has 0 fully saturated rings. The first-order valence-corrected chi connectivity index (χ1v) is 7.82. The van der Waals surface area contributed by atoms with Crippen LogP contribution in [0.1, 0.15) is 25.0 Å². The molecule has 1 heterocycles. The van der Waals surface area contributed by atoms with Gasteiger partial charge in [-0.3, -0.25) is 4.90 Å². The maximum Gasteiger partial charge on any atom is 0.323 e. The fraction of sp³-hybridized carbons (Fsp3) is 0.211. The highest BCUT2D eigenvalue weighted by Gasteiger charge is 2.47. The summed E-state index contributed by atoms with van der Waals surface area (Å²) >= 11 is 6.21. The zero-order valence-corrected chi connectivity index (χ0v) is 13.8. The molecule has 0 spiro atoms. The molecule has 2 amide bonds. The molecule has 0 aromatic heterocycles. The Hall–Kier alpha value is -2.44. The maximum absolute atomic E-state index is 12.7. The Labute approximate surface area is 141 Å². The Kier molecular flexibility index (Phi) is 3.79. The molecule has 1 N–H and O–H groups in total. The molecule has 3 nitrogen and oxygen atoms in total. The summed E-state index contributed by atoms with van der Waals surface area (Å²) in [6, 6.07) is 14.7. The third kappa shape index (κ3) is 2.27. The molecule has 1 aliphatic heterocycles. The molecule has 0 saturated carbocycles. The number of nitrogens with zero attached hydrogens (tertiary/aromatic N) is 1. The van der Waals surface area contributed by atoms with Crippen LogP contribution < -0.4 is 5.32 Å². The lowest BCUT2D eigenvalue weighted by Crippen LogP contribution is -2.57. The van der Waals surface area contributed by atoms with Crippen LogP contribution in [0.4, 0.5) is 10.5 Å². The summed E-state index contributed by atoms with van der Waals surface area (Å²) in [5.74, 6) is 2.89. The Morgan fingerprint density at radius 3 is 2.52 bits per heavy atom. The molecule has 2 aromatic rings. The van der Waals surface area contributed by atoms with Crippen molar-refractivity contribution in [3.05, 3.63) is 64.7 Å². The van der Waals surface area contributed by atoms with Crippen molar-refractivity contribution in [1.82, 2.24) is 4.90 Å². The summed E-state index contributed by atoms with van der Waals surface area (Å²) < 4.78 is 0. The van der Waals surface area contributed by atoms with Crippen LogP contribution in [0.3, 0.4) is 0 Å². The molecule has 1 atom stereocenters. The predicted molar refractivity (Wildman–Crippen MR) is 93.5 cm³/mol. The van der Waals surface area contributed by atoms with Gasteiger partial charge in [0.25, 0.3) is 0 Å². The Morgan fingerprint density at radius 2 is 1.91 bits per heavy atom. The van der Waals surface area contributed by atoms with Crippen LogP contribution in [0.2, 0.25) is 5.02 Å². The molecular weight excluding hydrogens is 308 g/mol. The van der Waals surface area contributed by atoms with E-state index in [2.05, 4.69) is 11.2 Å². The minimum Gasteiger partial charge on any atom is -0.307 e. The van der Waals surface area contributed by atoms with Crippen molar-refractivity contribution in [2.75, 3.05) is 5.32 Å². The first kappa shape index (κ1) is 15.5. The molecule has 23 heavy (non-hydrogen) atoms. The number of carbonyl (C=O) groups excluding carboxylic acids is 1. The lowest BCUT2D eigenvalue weighted by molar-refractivity contribution is 0.149. The van der Waals surface area contributed by atoms with Gasteiger partial charge < -0.3 is 5.32 Å². The molecule has 1 unspecified atom stereocenters. The zero-order chi connectivity index (χ0) is 16.6. The SMILES string of the molecule is C#CC1(c2ccccc2)c2cc(Cl)ccc2NC(=O)N1C(C)C. The van der Waals surface area contributed by atoms with Gasteiger partial charge in [0.15, 0.2) is 5.54 Å². The van der Waals surface area contributed by atoms with Crippen molar-refractivity contribution in [1.29, 1.82) is 0 Å². The van der Waals surface area contributed by atoms with Crippen LogP contribution in [-0.2, 0) is 5.54 Å². The Bertz CT molecular complexity index is 795. The van der Waals surface area contributed by atoms with Crippen LogP contribution in [0, 0.1) is 12.3 Å². The standard InChI is InChI=1S/C19H17ClN2O/c1-4-19(14-8-6-5-7-9-14)16-12-15(20)10-11-17(16)21-18(23)22(19)13(2)3/h1,5-13H,2-3H3,(H,21,23). The van der Waals surface area contributed by atoms with Gasteiger partial charge in [-0.05, 0) is 37.6 Å². The number of carbonyl (C=O) groups is 1. The van der Waals surface area contributed by atoms with Crippen molar-refractivity contribution < 1.29 is 4.79 Å². The zero-order valence-electron chi connectivity index (χ0n) is 13.0. The number of rotatable bonds is 2. The van der Waals surface area contributed by atoms with E-state index >= 15 is 0 Å². The summed E-state index contributed by atoms with van der Waals surface area (Å²) in [7, 11) is 0. The molecule has 1 aliphatic rings. The number of urea groups is 1. The van der Waals surface area contributed by atoms with Gasteiger partial charge in [-0.15, -0.1) is 6.42 Å². The summed E-state index contributed by atoms with van der Waals surface area (Å²) in [5.41, 5.74) is 1.39. The average molecular weight is 325 g/mol. The maximum atomic E-state index is 12.7. The van der Waals surface area contributed by atoms with Crippen molar-refractivity contribution in [3.63, 3.8) is 0 Å². The number of terminal acetylenes is 1. The van der Waals surface area contributed by atoms with Gasteiger partial charge in [-0.2, -0.15) is 0 Å². The number of amides is 2. The number of fused-ring (bicyclic) bond motifs is 1. The fourth-order valence-corrected chi connectivity index (χ4v) is 3.38. The van der Waals surface area contributed by atoms with Gasteiger partial charge in [0.2, 0.25) is 0 Å². The van der Waals surface area contributed by atoms with E-state index in [0.29, 0.717) is 10.7 Å². The number of hydrogen-bond donors (Lipinski definition) is 1. The second-order valence-electron chi connectivity index (χ2n) is 5.80. The molecule has 0 radical (unpaired) electrons. The number of hydrogen-bond acceptors (Lipinski definition) is 1. The van der Waals surface area contributed by atoms with Gasteiger partial charge in [0.05, 0.1) is 0 Å². The van der Waals surface area contributed by atoms with Crippen LogP contribution >= 0.6 is 11.6 Å². The molecule has 3 rings (SSSR count). The Balaban J connectivity index is 2.39. The van der Waals surface area contributed by atoms with Crippen molar-refractivity contribution >= 4 is 23.3 Å². The van der Waals surface area contributed by atoms with Crippen LogP contribution in [0.25, 0.3) is 0 Å². The number of halogens is 1. The highest BCUT2D eigenvalue weighted by atomic mass is 35.5. The van der Waals surface area contributed by atoms with E-state index in [4.69, 9.17) is 18.0 Å². The highest BCUT2D eigenvalue weighted by Crippen LogP contribution is 2.44. The minimum absolute atomic E-state index is 0.0848. The fourth-order valence-electron chi connectivity index (χ4n) is 3.21. The van der Waals surface area contributed by atoms with Crippen molar-refractivity contribution in [2.45, 2.75) is 25.4 Å². The van der Waals surface area contributed by atoms with Crippen molar-refractivity contribution in [2.24, 2.45) is 0 Å². The number of nitrogens with one attached hydrogen (secondary N) is 1. The average Bonchev–Trinajstić information content (AvgIpc) is 2.54. The van der Waals surface area contributed by atoms with Gasteiger partial charge in [-0.25, -0.2) is 4.79 Å². The largest absolute Gasteiger partial charge is 0.323 e. The van der Waals surface area contributed by atoms with Gasteiger partial charge >= 0.3 is 6.03 Å². The minimum atomic E-state index is -0.988. The molecule has 0 aliphatic carbocycles. The Morgan fingerprint density at radius 1 is 1.22 bits per heavy atom. The molecule has 2 aromatic carbocycles. The number of anilines is 1. The summed E-state index contributed by atoms with van der Waals surface area (Å²) in [5, 5.41) is 3.49. The van der Waals surface area contributed by atoms with E-state index in [1.54, 1.807) is 17.0 Å².